The van der Waals surface area contributed by atoms with E-state index in [1.54, 1.807) is 0 Å². The second kappa shape index (κ2) is 6.98. The molecule has 1 unspecified atom stereocenters. The van der Waals surface area contributed by atoms with E-state index in [0.29, 0.717) is 5.56 Å². The first-order valence-electron chi connectivity index (χ1n) is 9.95. The molecule has 4 nitrogen and oxygen atoms in total. The molecule has 0 bridgehead atoms. The van der Waals surface area contributed by atoms with Crippen LogP contribution in [0.4, 0.5) is 0 Å². The van der Waals surface area contributed by atoms with Gasteiger partial charge in [-0.3, -0.25) is 14.4 Å². The van der Waals surface area contributed by atoms with Crippen LogP contribution in [-0.4, -0.2) is 17.3 Å². The van der Waals surface area contributed by atoms with Crippen LogP contribution in [0.25, 0.3) is 0 Å². The average Bonchev–Trinajstić information content (AvgIpc) is 2.49. The number of ketones is 3. The third-order valence-corrected chi connectivity index (χ3v) is 5.92. The van der Waals surface area contributed by atoms with E-state index in [1.807, 2.05) is 58.9 Å². The second-order valence-corrected chi connectivity index (χ2v) is 10.1. The standard InChI is InChI=1S/C24H30O4/c1-14-7-6-8-15(9-14)20(21-16(25)10-23(2,3)11-17(21)26)22-18(27)12-24(4,5)13-19(22)28/h6-9,20-21,27H,10-13H2,1-5H3/p-1. The predicted molar refractivity (Wildman–Crippen MR) is 105 cm³/mol. The SMILES string of the molecule is Cc1cccc(C(C2=C([O-])CC(C)(C)CC2=O)C2C(=O)CC(C)(C)CC2=O)c1. The third-order valence-electron chi connectivity index (χ3n) is 5.92. The van der Waals surface area contributed by atoms with Crippen molar-refractivity contribution in [3.63, 3.8) is 0 Å². The number of hydrogen-bond donors (Lipinski definition) is 0. The molecule has 0 N–H and O–H groups in total. The van der Waals surface area contributed by atoms with Gasteiger partial charge in [0.25, 0.3) is 0 Å². The fourth-order valence-electron chi connectivity index (χ4n) is 4.79. The number of hydrogen-bond acceptors (Lipinski definition) is 4. The van der Waals surface area contributed by atoms with Gasteiger partial charge in [-0.2, -0.15) is 0 Å². The minimum Gasteiger partial charge on any atom is -0.875 e. The molecule has 0 heterocycles. The lowest BCUT2D eigenvalue weighted by molar-refractivity contribution is -0.312. The molecule has 4 heteroatoms. The van der Waals surface area contributed by atoms with Crippen LogP contribution in [-0.2, 0) is 14.4 Å². The molecule has 1 saturated carbocycles. The van der Waals surface area contributed by atoms with Crippen molar-refractivity contribution >= 4 is 17.3 Å². The molecule has 0 aliphatic heterocycles. The van der Waals surface area contributed by atoms with Crippen molar-refractivity contribution in [1.29, 1.82) is 0 Å². The molecule has 0 radical (unpaired) electrons. The number of rotatable bonds is 3. The summed E-state index contributed by atoms with van der Waals surface area (Å²) in [7, 11) is 0. The van der Waals surface area contributed by atoms with E-state index in [9.17, 15) is 19.5 Å². The van der Waals surface area contributed by atoms with Gasteiger partial charge in [-0.15, -0.1) is 5.76 Å². The number of Topliss-reactive ketones (excluding diaryl/α,β-unsaturated/α-hetero) is 3. The number of benzene rings is 1. The van der Waals surface area contributed by atoms with E-state index in [0.717, 1.165) is 5.56 Å². The van der Waals surface area contributed by atoms with Crippen LogP contribution in [0.3, 0.4) is 0 Å². The first-order chi connectivity index (χ1) is 12.9. The minimum absolute atomic E-state index is 0.149. The second-order valence-electron chi connectivity index (χ2n) is 10.1. The lowest BCUT2D eigenvalue weighted by Gasteiger charge is -2.41. The molecule has 0 saturated heterocycles. The van der Waals surface area contributed by atoms with Gasteiger partial charge in [0.15, 0.2) is 5.78 Å². The van der Waals surface area contributed by atoms with Gasteiger partial charge in [-0.1, -0.05) is 57.5 Å². The van der Waals surface area contributed by atoms with Crippen molar-refractivity contribution in [3.05, 3.63) is 46.7 Å². The molecule has 1 atom stereocenters. The minimum atomic E-state index is -0.945. The largest absolute Gasteiger partial charge is 0.875 e. The molecule has 1 fully saturated rings. The maximum absolute atomic E-state index is 13.0. The highest BCUT2D eigenvalue weighted by molar-refractivity contribution is 6.09. The van der Waals surface area contributed by atoms with Crippen LogP contribution in [0.5, 0.6) is 0 Å². The Kier molecular flexibility index (Phi) is 5.11. The number of allylic oxidation sites excluding steroid dienone is 2. The van der Waals surface area contributed by atoms with Gasteiger partial charge < -0.3 is 5.11 Å². The highest BCUT2D eigenvalue weighted by Crippen LogP contribution is 2.47. The fourth-order valence-corrected chi connectivity index (χ4v) is 4.79. The number of aryl methyl sites for hydroxylation is 1. The van der Waals surface area contributed by atoms with Gasteiger partial charge in [0.1, 0.15) is 11.6 Å². The molecule has 3 rings (SSSR count). The number of carbonyl (C=O) groups excluding carboxylic acids is 3. The lowest BCUT2D eigenvalue weighted by Crippen LogP contribution is -2.43. The van der Waals surface area contributed by atoms with Crippen LogP contribution >= 0.6 is 0 Å². The summed E-state index contributed by atoms with van der Waals surface area (Å²) in [5.41, 5.74) is 1.06. The first kappa shape index (κ1) is 20.5. The Balaban J connectivity index is 2.16. The third kappa shape index (κ3) is 3.96. The molecule has 2 aliphatic carbocycles. The van der Waals surface area contributed by atoms with Gasteiger partial charge in [0.2, 0.25) is 0 Å². The van der Waals surface area contributed by atoms with Gasteiger partial charge in [0, 0.05) is 25.2 Å². The monoisotopic (exact) mass is 381 g/mol. The van der Waals surface area contributed by atoms with Gasteiger partial charge >= 0.3 is 0 Å². The highest BCUT2D eigenvalue weighted by atomic mass is 16.3. The zero-order valence-corrected chi connectivity index (χ0v) is 17.4. The zero-order valence-electron chi connectivity index (χ0n) is 17.4. The number of carbonyl (C=O) groups is 3. The summed E-state index contributed by atoms with van der Waals surface area (Å²) >= 11 is 0. The molecule has 2 aliphatic rings. The van der Waals surface area contributed by atoms with Crippen LogP contribution < -0.4 is 5.11 Å². The molecular formula is C24H29O4-. The molecule has 28 heavy (non-hydrogen) atoms. The van der Waals surface area contributed by atoms with Crippen molar-refractivity contribution in [3.8, 4) is 0 Å². The van der Waals surface area contributed by atoms with E-state index in [1.165, 1.54) is 0 Å². The van der Waals surface area contributed by atoms with E-state index < -0.39 is 17.3 Å². The zero-order chi connectivity index (χ0) is 20.9. The van der Waals surface area contributed by atoms with Gasteiger partial charge in [0.05, 0.1) is 5.92 Å². The summed E-state index contributed by atoms with van der Waals surface area (Å²) in [6.07, 6.45) is 1.09. The molecule has 0 amide bonds. The van der Waals surface area contributed by atoms with Crippen molar-refractivity contribution in [2.24, 2.45) is 16.7 Å². The average molecular weight is 381 g/mol. The Hall–Kier alpha value is -2.23. The van der Waals surface area contributed by atoms with Crippen molar-refractivity contribution in [1.82, 2.24) is 0 Å². The quantitative estimate of drug-likeness (QED) is 0.749. The summed E-state index contributed by atoms with van der Waals surface area (Å²) in [5.74, 6) is -2.49. The Bertz CT molecular complexity index is 852. The van der Waals surface area contributed by atoms with Crippen LogP contribution in [0.2, 0.25) is 0 Å². The van der Waals surface area contributed by atoms with E-state index in [4.69, 9.17) is 0 Å². The van der Waals surface area contributed by atoms with E-state index >= 15 is 0 Å². The van der Waals surface area contributed by atoms with Crippen LogP contribution in [0, 0.1) is 23.7 Å². The van der Waals surface area contributed by atoms with Crippen LogP contribution in [0.15, 0.2) is 35.6 Å². The Morgan fingerprint density at radius 1 is 0.929 bits per heavy atom. The normalized spacial score (nSPS) is 23.8. The molecule has 0 aromatic heterocycles. The Morgan fingerprint density at radius 2 is 1.50 bits per heavy atom. The Morgan fingerprint density at radius 3 is 2.04 bits per heavy atom. The van der Waals surface area contributed by atoms with E-state index in [-0.39, 0.29) is 59.8 Å². The van der Waals surface area contributed by atoms with Crippen molar-refractivity contribution in [2.75, 3.05) is 0 Å². The first-order valence-corrected chi connectivity index (χ1v) is 9.95. The highest BCUT2D eigenvalue weighted by Gasteiger charge is 2.47. The summed E-state index contributed by atoms with van der Waals surface area (Å²) < 4.78 is 0. The predicted octanol–water partition coefficient (Wildman–Crippen LogP) is 3.66. The molecular weight excluding hydrogens is 352 g/mol. The Labute approximate surface area is 167 Å². The smallest absolute Gasteiger partial charge is 0.159 e. The van der Waals surface area contributed by atoms with E-state index in [2.05, 4.69) is 0 Å². The summed E-state index contributed by atoms with van der Waals surface area (Å²) in [5, 5.41) is 13.0. The maximum atomic E-state index is 13.0. The summed E-state index contributed by atoms with van der Waals surface area (Å²) in [6.45, 7) is 9.55. The lowest BCUT2D eigenvalue weighted by atomic mass is 9.62. The molecule has 1 aromatic carbocycles. The summed E-state index contributed by atoms with van der Waals surface area (Å²) in [4.78, 5) is 39.1. The fraction of sp³-hybridized carbons (Fsp3) is 0.542. The van der Waals surface area contributed by atoms with Gasteiger partial charge in [-0.05, 0) is 35.3 Å². The van der Waals surface area contributed by atoms with Crippen molar-refractivity contribution < 1.29 is 19.5 Å². The molecule has 1 aromatic rings. The summed E-state index contributed by atoms with van der Waals surface area (Å²) in [6, 6.07) is 7.48. The van der Waals surface area contributed by atoms with Crippen LogP contribution in [0.1, 0.15) is 70.4 Å². The topological polar surface area (TPSA) is 74.3 Å². The molecule has 0 spiro atoms. The molecule has 150 valence electrons. The van der Waals surface area contributed by atoms with Gasteiger partial charge in [-0.25, -0.2) is 0 Å². The maximum Gasteiger partial charge on any atom is 0.159 e. The van der Waals surface area contributed by atoms with Crippen molar-refractivity contribution in [2.45, 2.75) is 66.2 Å².